The van der Waals surface area contributed by atoms with Gasteiger partial charge in [0.2, 0.25) is 5.91 Å². The van der Waals surface area contributed by atoms with Gasteiger partial charge in [-0.1, -0.05) is 12.8 Å². The van der Waals surface area contributed by atoms with Crippen LogP contribution in [0.25, 0.3) is 0 Å². The van der Waals surface area contributed by atoms with Crippen molar-refractivity contribution in [2.45, 2.75) is 69.9 Å². The minimum atomic E-state index is -0.0140. The molecule has 3 aliphatic carbocycles. The molecule has 2 N–H and O–H groups in total. The van der Waals surface area contributed by atoms with E-state index in [0.29, 0.717) is 12.0 Å². The number of piperidine rings is 1. The highest BCUT2D eigenvalue weighted by Crippen LogP contribution is 2.73. The number of carbonyl (C=O) groups excluding carboxylic acids is 2. The Balaban J connectivity index is 1.33. The second-order valence-electron chi connectivity index (χ2n) is 8.11. The van der Waals surface area contributed by atoms with Gasteiger partial charge in [0, 0.05) is 31.6 Å². The summed E-state index contributed by atoms with van der Waals surface area (Å²) >= 11 is 0. The molecule has 2 bridgehead atoms. The molecule has 4 aliphatic rings. The first kappa shape index (κ1) is 14.3. The minimum absolute atomic E-state index is 0.0140. The monoisotopic (exact) mass is 305 g/mol. The molecule has 4 atom stereocenters. The fourth-order valence-corrected chi connectivity index (χ4v) is 5.62. The van der Waals surface area contributed by atoms with E-state index in [9.17, 15) is 9.59 Å². The van der Waals surface area contributed by atoms with Crippen LogP contribution in [0.4, 0.5) is 4.79 Å². The molecule has 5 heteroatoms. The maximum atomic E-state index is 12.4. The topological polar surface area (TPSA) is 61.4 Å². The lowest BCUT2D eigenvalue weighted by molar-refractivity contribution is -0.130. The zero-order valence-corrected chi connectivity index (χ0v) is 13.5. The van der Waals surface area contributed by atoms with E-state index in [0.717, 1.165) is 25.3 Å². The van der Waals surface area contributed by atoms with Crippen LogP contribution in [0.15, 0.2) is 0 Å². The Morgan fingerprint density at radius 3 is 2.82 bits per heavy atom. The van der Waals surface area contributed by atoms with Crippen molar-refractivity contribution in [3.8, 4) is 0 Å². The minimum Gasteiger partial charge on any atom is -0.341 e. The Morgan fingerprint density at radius 2 is 2.05 bits per heavy atom. The van der Waals surface area contributed by atoms with Crippen LogP contribution in [0.5, 0.6) is 0 Å². The van der Waals surface area contributed by atoms with Gasteiger partial charge in [-0.3, -0.25) is 4.79 Å². The maximum Gasteiger partial charge on any atom is 0.315 e. The van der Waals surface area contributed by atoms with Crippen LogP contribution in [0, 0.1) is 11.3 Å². The van der Waals surface area contributed by atoms with Crippen molar-refractivity contribution in [3.05, 3.63) is 0 Å². The van der Waals surface area contributed by atoms with E-state index in [-0.39, 0.29) is 23.5 Å². The molecular formula is C17H27N3O2. The van der Waals surface area contributed by atoms with E-state index in [1.807, 2.05) is 4.90 Å². The van der Waals surface area contributed by atoms with Gasteiger partial charge in [-0.15, -0.1) is 0 Å². The molecule has 1 spiro atoms. The zero-order chi connectivity index (χ0) is 15.4. The predicted octanol–water partition coefficient (Wildman–Crippen LogP) is 2.02. The van der Waals surface area contributed by atoms with Crippen LogP contribution < -0.4 is 10.6 Å². The van der Waals surface area contributed by atoms with Crippen LogP contribution in [-0.4, -0.2) is 41.5 Å². The lowest BCUT2D eigenvalue weighted by Crippen LogP contribution is -2.54. The third-order valence-electron chi connectivity index (χ3n) is 6.67. The number of hydrogen-bond acceptors (Lipinski definition) is 2. The molecule has 1 saturated heterocycles. The van der Waals surface area contributed by atoms with Gasteiger partial charge < -0.3 is 15.5 Å². The Hall–Kier alpha value is -1.26. The molecule has 4 rings (SSSR count). The molecule has 0 aromatic carbocycles. The third kappa shape index (κ3) is 2.20. The number of likely N-dealkylation sites (tertiary alicyclic amines) is 1. The number of fused-ring (bicyclic) bond motifs is 1. The number of amides is 3. The molecule has 5 nitrogen and oxygen atoms in total. The number of carbonyl (C=O) groups is 2. The molecule has 0 aromatic heterocycles. The third-order valence-corrected chi connectivity index (χ3v) is 6.67. The lowest BCUT2D eigenvalue weighted by Gasteiger charge is -2.33. The Morgan fingerprint density at radius 1 is 1.18 bits per heavy atom. The number of urea groups is 1. The summed E-state index contributed by atoms with van der Waals surface area (Å²) < 4.78 is 0. The smallest absolute Gasteiger partial charge is 0.315 e. The van der Waals surface area contributed by atoms with E-state index in [1.54, 1.807) is 6.92 Å². The first-order valence-electron chi connectivity index (χ1n) is 8.86. The van der Waals surface area contributed by atoms with Crippen LogP contribution in [0.1, 0.15) is 58.3 Å². The largest absolute Gasteiger partial charge is 0.341 e. The van der Waals surface area contributed by atoms with E-state index in [1.165, 1.54) is 38.5 Å². The summed E-state index contributed by atoms with van der Waals surface area (Å²) in [5.41, 5.74) is 0.540. The quantitative estimate of drug-likeness (QED) is 0.820. The number of hydrogen-bond donors (Lipinski definition) is 2. The van der Waals surface area contributed by atoms with Gasteiger partial charge in [-0.2, -0.15) is 0 Å². The standard InChI is InChI=1S/C17H27N3O2/c1-12(21)20-7-3-5-14(10-20)18-15(22)19-17-9-13-4-2-6-16(17,8-13)11-17/h13-14H,2-11H2,1H3,(H2,18,19,22). The van der Waals surface area contributed by atoms with E-state index in [2.05, 4.69) is 10.6 Å². The van der Waals surface area contributed by atoms with Gasteiger partial charge in [0.1, 0.15) is 0 Å². The molecule has 1 heterocycles. The van der Waals surface area contributed by atoms with Gasteiger partial charge in [0.25, 0.3) is 0 Å². The molecule has 4 unspecified atom stereocenters. The normalized spacial score (nSPS) is 42.5. The van der Waals surface area contributed by atoms with Gasteiger partial charge in [0.15, 0.2) is 0 Å². The SMILES string of the molecule is CC(=O)N1CCCC(NC(=O)NC23CC4CCCC2(C4)C3)C1. The summed E-state index contributed by atoms with van der Waals surface area (Å²) in [7, 11) is 0. The molecular weight excluding hydrogens is 278 g/mol. The highest BCUT2D eigenvalue weighted by Gasteiger charge is 2.73. The lowest BCUT2D eigenvalue weighted by atomic mass is 9.83. The van der Waals surface area contributed by atoms with Crippen molar-refractivity contribution in [1.82, 2.24) is 15.5 Å². The summed E-state index contributed by atoms with van der Waals surface area (Å²) in [4.78, 5) is 25.8. The molecule has 3 amide bonds. The van der Waals surface area contributed by atoms with E-state index in [4.69, 9.17) is 0 Å². The van der Waals surface area contributed by atoms with E-state index >= 15 is 0 Å². The molecule has 0 radical (unpaired) electrons. The maximum absolute atomic E-state index is 12.4. The molecule has 3 saturated carbocycles. The van der Waals surface area contributed by atoms with Crippen molar-refractivity contribution in [2.24, 2.45) is 11.3 Å². The van der Waals surface area contributed by atoms with Crippen LogP contribution in [-0.2, 0) is 4.79 Å². The predicted molar refractivity (Wildman–Crippen MR) is 83.3 cm³/mol. The first-order chi connectivity index (χ1) is 10.5. The molecule has 22 heavy (non-hydrogen) atoms. The van der Waals surface area contributed by atoms with Crippen molar-refractivity contribution in [2.75, 3.05) is 13.1 Å². The molecule has 4 fully saturated rings. The summed E-state index contributed by atoms with van der Waals surface area (Å²) in [6.07, 6.45) is 9.63. The summed E-state index contributed by atoms with van der Waals surface area (Å²) in [5, 5.41) is 6.44. The van der Waals surface area contributed by atoms with Crippen LogP contribution in [0.3, 0.4) is 0 Å². The highest BCUT2D eigenvalue weighted by atomic mass is 16.2. The van der Waals surface area contributed by atoms with Crippen molar-refractivity contribution >= 4 is 11.9 Å². The van der Waals surface area contributed by atoms with Gasteiger partial charge >= 0.3 is 6.03 Å². The number of nitrogens with zero attached hydrogens (tertiary/aromatic N) is 1. The van der Waals surface area contributed by atoms with Crippen LogP contribution >= 0.6 is 0 Å². The van der Waals surface area contributed by atoms with Crippen LogP contribution in [0.2, 0.25) is 0 Å². The Kier molecular flexibility index (Phi) is 3.17. The highest BCUT2D eigenvalue weighted by molar-refractivity contribution is 5.77. The van der Waals surface area contributed by atoms with E-state index < -0.39 is 0 Å². The molecule has 122 valence electrons. The number of nitrogens with one attached hydrogen (secondary N) is 2. The van der Waals surface area contributed by atoms with Gasteiger partial charge in [-0.25, -0.2) is 4.79 Å². The molecule has 1 aliphatic heterocycles. The molecule has 0 aromatic rings. The first-order valence-corrected chi connectivity index (χ1v) is 8.86. The van der Waals surface area contributed by atoms with Crippen molar-refractivity contribution < 1.29 is 9.59 Å². The fourth-order valence-electron chi connectivity index (χ4n) is 5.62. The summed E-state index contributed by atoms with van der Waals surface area (Å²) in [6, 6.07) is 0.0874. The van der Waals surface area contributed by atoms with Crippen molar-refractivity contribution in [1.29, 1.82) is 0 Å². The number of rotatable bonds is 2. The summed E-state index contributed by atoms with van der Waals surface area (Å²) in [6.45, 7) is 3.08. The Labute approximate surface area is 132 Å². The zero-order valence-electron chi connectivity index (χ0n) is 13.5. The average molecular weight is 305 g/mol. The van der Waals surface area contributed by atoms with Gasteiger partial charge in [0.05, 0.1) is 0 Å². The van der Waals surface area contributed by atoms with Crippen molar-refractivity contribution in [3.63, 3.8) is 0 Å². The van der Waals surface area contributed by atoms with Gasteiger partial charge in [-0.05, 0) is 49.9 Å². The average Bonchev–Trinajstić information content (AvgIpc) is 2.95. The summed E-state index contributed by atoms with van der Waals surface area (Å²) in [5.74, 6) is 0.946. The Bertz CT molecular complexity index is 508. The second kappa shape index (κ2) is 4.87. The fraction of sp³-hybridized carbons (Fsp3) is 0.882. The second-order valence-corrected chi connectivity index (χ2v) is 8.11.